The lowest BCUT2D eigenvalue weighted by molar-refractivity contribution is 0.174. The number of sulfonamides is 1. The summed E-state index contributed by atoms with van der Waals surface area (Å²) in [5.74, 6) is 0. The van der Waals surface area contributed by atoms with Crippen molar-refractivity contribution in [2.75, 3.05) is 31.7 Å². The molecule has 1 heterocycles. The van der Waals surface area contributed by atoms with Crippen LogP contribution < -0.4 is 5.32 Å². The van der Waals surface area contributed by atoms with Crippen LogP contribution in [0.5, 0.6) is 0 Å². The van der Waals surface area contributed by atoms with Crippen molar-refractivity contribution in [1.82, 2.24) is 9.21 Å². The second-order valence-electron chi connectivity index (χ2n) is 7.20. The number of benzene rings is 2. The molecule has 0 unspecified atom stereocenters. The maximum atomic E-state index is 12.6. The van der Waals surface area contributed by atoms with E-state index in [2.05, 4.69) is 11.4 Å². The van der Waals surface area contributed by atoms with Crippen LogP contribution in [0.2, 0.25) is 0 Å². The molecule has 2 aromatic carbocycles. The number of carbonyl (C=O) groups excluding carboxylic acids is 1. The van der Waals surface area contributed by atoms with Crippen LogP contribution in [-0.2, 0) is 10.0 Å². The number of hydrogen-bond acceptors (Lipinski definition) is 4. The first-order chi connectivity index (χ1) is 13.8. The monoisotopic (exact) mass is 412 g/mol. The number of anilines is 1. The number of hydrogen-bond donors (Lipinski definition) is 1. The maximum Gasteiger partial charge on any atom is 0.321 e. The van der Waals surface area contributed by atoms with E-state index in [9.17, 15) is 13.2 Å². The Hall–Kier alpha value is -2.89. The minimum Gasteiger partial charge on any atom is -0.325 e. The largest absolute Gasteiger partial charge is 0.325 e. The van der Waals surface area contributed by atoms with Gasteiger partial charge in [-0.3, -0.25) is 0 Å². The molecule has 0 atom stereocenters. The Bertz CT molecular complexity index is 1020. The lowest BCUT2D eigenvalue weighted by Gasteiger charge is -2.35. The molecule has 2 amide bonds. The van der Waals surface area contributed by atoms with Crippen LogP contribution in [0.25, 0.3) is 11.1 Å². The summed E-state index contributed by atoms with van der Waals surface area (Å²) in [4.78, 5) is 14.2. The number of piperidine rings is 1. The van der Waals surface area contributed by atoms with Gasteiger partial charge in [-0.1, -0.05) is 24.3 Å². The molecule has 0 bridgehead atoms. The summed E-state index contributed by atoms with van der Waals surface area (Å²) in [6.45, 7) is 0.856. The quantitative estimate of drug-likeness (QED) is 0.835. The molecular formula is C21H24N4O3S. The summed E-state index contributed by atoms with van der Waals surface area (Å²) in [7, 11) is -1.44. The average molecular weight is 413 g/mol. The Morgan fingerprint density at radius 1 is 1.14 bits per heavy atom. The maximum absolute atomic E-state index is 12.6. The Morgan fingerprint density at radius 3 is 2.38 bits per heavy atom. The fourth-order valence-electron chi connectivity index (χ4n) is 3.45. The van der Waals surface area contributed by atoms with Crippen molar-refractivity contribution in [1.29, 1.82) is 5.26 Å². The molecule has 0 radical (unpaired) electrons. The van der Waals surface area contributed by atoms with E-state index in [0.717, 1.165) is 11.1 Å². The zero-order valence-corrected chi connectivity index (χ0v) is 17.3. The number of nitriles is 1. The SMILES string of the molecule is CN(C(=O)Nc1ccc(-c2cccc(C#N)c2)cc1)C1CCN(S(C)(=O)=O)CC1. The molecule has 8 heteroatoms. The van der Waals surface area contributed by atoms with Crippen LogP contribution in [0.15, 0.2) is 48.5 Å². The zero-order chi connectivity index (χ0) is 21.0. The van der Waals surface area contributed by atoms with E-state index < -0.39 is 10.0 Å². The number of urea groups is 1. The van der Waals surface area contributed by atoms with E-state index >= 15 is 0 Å². The fraction of sp³-hybridized carbons (Fsp3) is 0.333. The van der Waals surface area contributed by atoms with Gasteiger partial charge < -0.3 is 10.2 Å². The standard InChI is InChI=1S/C21H24N4O3S/c1-24(20-10-12-25(13-11-20)29(2,27)28)21(26)23-19-8-6-17(7-9-19)18-5-3-4-16(14-18)15-22/h3-9,14,20H,10-13H2,1-2H3,(H,23,26). The van der Waals surface area contributed by atoms with E-state index in [-0.39, 0.29) is 12.1 Å². The first kappa shape index (κ1) is 20.8. The van der Waals surface area contributed by atoms with Gasteiger partial charge in [-0.2, -0.15) is 5.26 Å². The number of rotatable bonds is 4. The van der Waals surface area contributed by atoms with Gasteiger partial charge >= 0.3 is 6.03 Å². The molecule has 0 aliphatic carbocycles. The highest BCUT2D eigenvalue weighted by Crippen LogP contribution is 2.23. The molecule has 2 aromatic rings. The highest BCUT2D eigenvalue weighted by atomic mass is 32.2. The van der Waals surface area contributed by atoms with Gasteiger partial charge in [-0.05, 0) is 48.2 Å². The van der Waals surface area contributed by atoms with Crippen LogP contribution in [0.4, 0.5) is 10.5 Å². The molecule has 0 spiro atoms. The molecule has 29 heavy (non-hydrogen) atoms. The van der Waals surface area contributed by atoms with Gasteiger partial charge in [0.05, 0.1) is 17.9 Å². The first-order valence-corrected chi connectivity index (χ1v) is 11.2. The van der Waals surface area contributed by atoms with Gasteiger partial charge in [0.2, 0.25) is 10.0 Å². The molecule has 1 aliphatic rings. The summed E-state index contributed by atoms with van der Waals surface area (Å²) >= 11 is 0. The molecule has 1 aliphatic heterocycles. The van der Waals surface area contributed by atoms with E-state index in [1.807, 2.05) is 42.5 Å². The molecule has 1 N–H and O–H groups in total. The van der Waals surface area contributed by atoms with Crippen molar-refractivity contribution in [2.24, 2.45) is 0 Å². The van der Waals surface area contributed by atoms with Crippen molar-refractivity contribution in [2.45, 2.75) is 18.9 Å². The van der Waals surface area contributed by atoms with Crippen molar-refractivity contribution < 1.29 is 13.2 Å². The Labute approximate surface area is 171 Å². The van der Waals surface area contributed by atoms with Gasteiger partial charge in [0, 0.05) is 31.9 Å². The normalized spacial score (nSPS) is 15.5. The van der Waals surface area contributed by atoms with Crippen LogP contribution in [0.1, 0.15) is 18.4 Å². The van der Waals surface area contributed by atoms with Crippen LogP contribution >= 0.6 is 0 Å². The van der Waals surface area contributed by atoms with E-state index in [1.54, 1.807) is 18.0 Å². The predicted molar refractivity (Wildman–Crippen MR) is 113 cm³/mol. The fourth-order valence-corrected chi connectivity index (χ4v) is 4.33. The zero-order valence-electron chi connectivity index (χ0n) is 16.5. The van der Waals surface area contributed by atoms with Gasteiger partial charge in [-0.15, -0.1) is 0 Å². The predicted octanol–water partition coefficient (Wildman–Crippen LogP) is 3.11. The third-order valence-electron chi connectivity index (χ3n) is 5.22. The number of amides is 2. The van der Waals surface area contributed by atoms with Crippen LogP contribution in [0, 0.1) is 11.3 Å². The van der Waals surface area contributed by atoms with Crippen molar-refractivity contribution in [3.8, 4) is 17.2 Å². The van der Waals surface area contributed by atoms with Crippen molar-refractivity contribution >= 4 is 21.7 Å². The summed E-state index contributed by atoms with van der Waals surface area (Å²) in [5, 5.41) is 11.9. The topological polar surface area (TPSA) is 93.5 Å². The number of nitrogens with one attached hydrogen (secondary N) is 1. The second-order valence-corrected chi connectivity index (χ2v) is 9.19. The van der Waals surface area contributed by atoms with Crippen LogP contribution in [0.3, 0.4) is 0 Å². The van der Waals surface area contributed by atoms with Gasteiger partial charge in [0.1, 0.15) is 0 Å². The minimum absolute atomic E-state index is 0.000921. The second kappa shape index (κ2) is 8.64. The molecule has 0 aromatic heterocycles. The van der Waals surface area contributed by atoms with Gasteiger partial charge in [0.25, 0.3) is 0 Å². The van der Waals surface area contributed by atoms with Gasteiger partial charge in [-0.25, -0.2) is 17.5 Å². The van der Waals surface area contributed by atoms with Gasteiger partial charge in [0.15, 0.2) is 0 Å². The third-order valence-corrected chi connectivity index (χ3v) is 6.52. The molecule has 1 fully saturated rings. The summed E-state index contributed by atoms with van der Waals surface area (Å²) < 4.78 is 24.7. The molecule has 0 saturated carbocycles. The summed E-state index contributed by atoms with van der Waals surface area (Å²) in [6.07, 6.45) is 2.44. The number of nitrogens with zero attached hydrogens (tertiary/aromatic N) is 3. The smallest absolute Gasteiger partial charge is 0.321 e. The van der Waals surface area contributed by atoms with Crippen molar-refractivity contribution in [3.63, 3.8) is 0 Å². The molecule has 152 valence electrons. The summed E-state index contributed by atoms with van der Waals surface area (Å²) in [5.41, 5.74) is 3.18. The van der Waals surface area contributed by atoms with E-state index in [1.165, 1.54) is 10.6 Å². The first-order valence-electron chi connectivity index (χ1n) is 9.37. The number of carbonyl (C=O) groups is 1. The molecule has 7 nitrogen and oxygen atoms in total. The third kappa shape index (κ3) is 5.13. The van der Waals surface area contributed by atoms with E-state index in [4.69, 9.17) is 5.26 Å². The van der Waals surface area contributed by atoms with Crippen LogP contribution in [-0.4, -0.2) is 56.1 Å². The average Bonchev–Trinajstić information content (AvgIpc) is 2.73. The Morgan fingerprint density at radius 2 is 1.79 bits per heavy atom. The molecular weight excluding hydrogens is 388 g/mol. The van der Waals surface area contributed by atoms with Crippen molar-refractivity contribution in [3.05, 3.63) is 54.1 Å². The summed E-state index contributed by atoms with van der Waals surface area (Å²) in [6, 6.07) is 16.7. The highest BCUT2D eigenvalue weighted by Gasteiger charge is 2.29. The minimum atomic E-state index is -3.18. The lowest BCUT2D eigenvalue weighted by Crippen LogP contribution is -2.48. The molecule has 3 rings (SSSR count). The Kier molecular flexibility index (Phi) is 6.20. The van der Waals surface area contributed by atoms with E-state index in [0.29, 0.717) is 37.2 Å². The highest BCUT2D eigenvalue weighted by molar-refractivity contribution is 7.88. The Balaban J connectivity index is 1.60. The lowest BCUT2D eigenvalue weighted by atomic mass is 10.0. The molecule has 1 saturated heterocycles.